The normalized spacial score (nSPS) is 19.4. The number of likely N-dealkylation sites (tertiary alicyclic amines) is 1. The number of benzene rings is 1. The second kappa shape index (κ2) is 4.78. The largest absolute Gasteiger partial charge is 0.573 e. The first-order valence-corrected chi connectivity index (χ1v) is 5.63. The predicted octanol–water partition coefficient (Wildman–Crippen LogP) is 2.32. The average molecular weight is 261 g/mol. The third-order valence-corrected chi connectivity index (χ3v) is 3.01. The summed E-state index contributed by atoms with van der Waals surface area (Å²) in [5.74, 6) is -0.215. The number of halogens is 3. The Morgan fingerprint density at radius 3 is 2.61 bits per heavy atom. The fraction of sp³-hybridized carbons (Fsp3) is 0.500. The van der Waals surface area contributed by atoms with Gasteiger partial charge in [0.15, 0.2) is 0 Å². The minimum atomic E-state index is -4.67. The Labute approximate surface area is 103 Å². The zero-order valence-electron chi connectivity index (χ0n) is 9.81. The van der Waals surface area contributed by atoms with Gasteiger partial charge in [0.05, 0.1) is 6.10 Å². The van der Waals surface area contributed by atoms with Gasteiger partial charge in [-0.1, -0.05) is 12.1 Å². The predicted molar refractivity (Wildman–Crippen MR) is 59.1 cm³/mol. The van der Waals surface area contributed by atoms with Crippen LogP contribution in [-0.4, -0.2) is 35.6 Å². The highest BCUT2D eigenvalue weighted by Crippen LogP contribution is 2.29. The molecule has 0 saturated carbocycles. The Bertz CT molecular complexity index is 416. The summed E-state index contributed by atoms with van der Waals surface area (Å²) in [4.78, 5) is 1.98. The van der Waals surface area contributed by atoms with Crippen LogP contribution in [0.3, 0.4) is 0 Å². The number of alkyl halides is 3. The molecule has 0 unspecified atom stereocenters. The van der Waals surface area contributed by atoms with Gasteiger partial charge in [-0.2, -0.15) is 0 Å². The molecule has 0 aromatic heterocycles. The van der Waals surface area contributed by atoms with E-state index in [0.29, 0.717) is 13.1 Å². The van der Waals surface area contributed by atoms with Gasteiger partial charge in [-0.15, -0.1) is 13.2 Å². The number of aliphatic hydroxyl groups is 1. The van der Waals surface area contributed by atoms with Crippen molar-refractivity contribution in [2.24, 2.45) is 0 Å². The summed E-state index contributed by atoms with van der Waals surface area (Å²) in [6.45, 7) is 2.98. The van der Waals surface area contributed by atoms with Crippen LogP contribution in [0, 0.1) is 0 Å². The zero-order chi connectivity index (χ0) is 13.3. The van der Waals surface area contributed by atoms with Crippen molar-refractivity contribution in [3.63, 3.8) is 0 Å². The Morgan fingerprint density at radius 2 is 2.06 bits per heavy atom. The SMILES string of the molecule is C[C@@H](c1cccc(OC(F)(F)F)c1)N1CC(O)C1. The van der Waals surface area contributed by atoms with Crippen molar-refractivity contribution in [1.82, 2.24) is 4.90 Å². The van der Waals surface area contributed by atoms with Gasteiger partial charge in [-0.05, 0) is 24.6 Å². The second-order valence-corrected chi connectivity index (χ2v) is 4.40. The third-order valence-electron chi connectivity index (χ3n) is 3.01. The summed E-state index contributed by atoms with van der Waals surface area (Å²) in [5.41, 5.74) is 0.739. The summed E-state index contributed by atoms with van der Waals surface area (Å²) >= 11 is 0. The van der Waals surface area contributed by atoms with Crippen LogP contribution in [0.2, 0.25) is 0 Å². The molecule has 6 heteroatoms. The van der Waals surface area contributed by atoms with Crippen LogP contribution < -0.4 is 4.74 Å². The number of aliphatic hydroxyl groups excluding tert-OH is 1. The summed E-state index contributed by atoms with van der Waals surface area (Å²) in [6, 6.07) is 5.89. The van der Waals surface area contributed by atoms with Gasteiger partial charge in [-0.25, -0.2) is 0 Å². The van der Waals surface area contributed by atoms with Gasteiger partial charge in [0.1, 0.15) is 5.75 Å². The first-order valence-electron chi connectivity index (χ1n) is 5.63. The van der Waals surface area contributed by atoms with E-state index in [1.54, 1.807) is 6.07 Å². The molecular weight excluding hydrogens is 247 g/mol. The van der Waals surface area contributed by atoms with E-state index in [9.17, 15) is 18.3 Å². The third kappa shape index (κ3) is 3.14. The molecule has 100 valence electrons. The summed E-state index contributed by atoms with van der Waals surface area (Å²) < 4.78 is 40.2. The molecule has 0 radical (unpaired) electrons. The van der Waals surface area contributed by atoms with Gasteiger partial charge in [0, 0.05) is 19.1 Å². The zero-order valence-corrected chi connectivity index (χ0v) is 9.81. The number of β-amino-alcohol motifs (C(OH)–C–C–N with tert-alkyl or cyclic N) is 1. The standard InChI is InChI=1S/C12H14F3NO2/c1-8(16-6-10(17)7-16)9-3-2-4-11(5-9)18-12(13,14)15/h2-5,8,10,17H,6-7H2,1H3/t8-/m0/s1. The first-order chi connectivity index (χ1) is 8.35. The van der Waals surface area contributed by atoms with Crippen molar-refractivity contribution in [2.75, 3.05) is 13.1 Å². The summed E-state index contributed by atoms with van der Waals surface area (Å²) in [5, 5.41) is 9.21. The molecule has 1 aliphatic heterocycles. The Morgan fingerprint density at radius 1 is 1.39 bits per heavy atom. The molecule has 18 heavy (non-hydrogen) atoms. The van der Waals surface area contributed by atoms with Gasteiger partial charge >= 0.3 is 6.36 Å². The number of ether oxygens (including phenoxy) is 1. The lowest BCUT2D eigenvalue weighted by atomic mass is 10.0. The molecule has 1 aliphatic rings. The van der Waals surface area contributed by atoms with Crippen molar-refractivity contribution in [1.29, 1.82) is 0 Å². The van der Waals surface area contributed by atoms with E-state index in [2.05, 4.69) is 4.74 Å². The molecule has 0 spiro atoms. The summed E-state index contributed by atoms with van der Waals surface area (Å²) in [7, 11) is 0. The van der Waals surface area contributed by atoms with E-state index in [0.717, 1.165) is 5.56 Å². The lowest BCUT2D eigenvalue weighted by molar-refractivity contribution is -0.274. The minimum absolute atomic E-state index is 0.0369. The highest BCUT2D eigenvalue weighted by Gasteiger charge is 2.32. The van der Waals surface area contributed by atoms with E-state index in [-0.39, 0.29) is 17.9 Å². The smallest absolute Gasteiger partial charge is 0.406 e. The van der Waals surface area contributed by atoms with Gasteiger partial charge in [0.25, 0.3) is 0 Å². The van der Waals surface area contributed by atoms with Crippen LogP contribution in [0.5, 0.6) is 5.75 Å². The number of rotatable bonds is 3. The monoisotopic (exact) mass is 261 g/mol. The number of nitrogens with zero attached hydrogens (tertiary/aromatic N) is 1. The minimum Gasteiger partial charge on any atom is -0.406 e. The molecule has 1 atom stereocenters. The molecule has 1 aromatic carbocycles. The molecular formula is C12H14F3NO2. The lowest BCUT2D eigenvalue weighted by Crippen LogP contribution is -2.51. The van der Waals surface area contributed by atoms with Crippen LogP contribution in [0.15, 0.2) is 24.3 Å². The van der Waals surface area contributed by atoms with Crippen molar-refractivity contribution < 1.29 is 23.0 Å². The molecule has 1 heterocycles. The molecule has 1 aromatic rings. The molecule has 1 fully saturated rings. The molecule has 1 saturated heterocycles. The van der Waals surface area contributed by atoms with Gasteiger partial charge in [-0.3, -0.25) is 4.90 Å². The van der Waals surface area contributed by atoms with Crippen molar-refractivity contribution in [3.8, 4) is 5.75 Å². The number of hydrogen-bond donors (Lipinski definition) is 1. The van der Waals surface area contributed by atoms with Crippen molar-refractivity contribution in [2.45, 2.75) is 25.4 Å². The Hall–Kier alpha value is -1.27. The molecule has 0 bridgehead atoms. The maximum Gasteiger partial charge on any atom is 0.573 e. The lowest BCUT2D eigenvalue weighted by Gasteiger charge is -2.40. The van der Waals surface area contributed by atoms with E-state index in [1.165, 1.54) is 18.2 Å². The van der Waals surface area contributed by atoms with Crippen molar-refractivity contribution >= 4 is 0 Å². The Kier molecular flexibility index (Phi) is 3.49. The van der Waals surface area contributed by atoms with E-state index >= 15 is 0 Å². The highest BCUT2D eigenvalue weighted by atomic mass is 19.4. The summed E-state index contributed by atoms with van der Waals surface area (Å²) in [6.07, 6.45) is -5.00. The molecule has 0 aliphatic carbocycles. The molecule has 2 rings (SSSR count). The average Bonchev–Trinajstić information content (AvgIpc) is 2.22. The van der Waals surface area contributed by atoms with Crippen LogP contribution in [0.1, 0.15) is 18.5 Å². The van der Waals surface area contributed by atoms with Crippen LogP contribution in [0.4, 0.5) is 13.2 Å². The van der Waals surface area contributed by atoms with Crippen molar-refractivity contribution in [3.05, 3.63) is 29.8 Å². The van der Waals surface area contributed by atoms with Crippen LogP contribution in [-0.2, 0) is 0 Å². The topological polar surface area (TPSA) is 32.7 Å². The fourth-order valence-corrected chi connectivity index (χ4v) is 1.99. The van der Waals surface area contributed by atoms with E-state index < -0.39 is 6.36 Å². The molecule has 0 amide bonds. The fourth-order valence-electron chi connectivity index (χ4n) is 1.99. The van der Waals surface area contributed by atoms with Gasteiger partial charge in [0.2, 0.25) is 0 Å². The second-order valence-electron chi connectivity index (χ2n) is 4.40. The van der Waals surface area contributed by atoms with Crippen LogP contribution in [0.25, 0.3) is 0 Å². The van der Waals surface area contributed by atoms with Crippen LogP contribution >= 0.6 is 0 Å². The molecule has 3 nitrogen and oxygen atoms in total. The van der Waals surface area contributed by atoms with Gasteiger partial charge < -0.3 is 9.84 Å². The molecule has 1 N–H and O–H groups in total. The maximum atomic E-state index is 12.1. The first kappa shape index (κ1) is 13.2. The quantitative estimate of drug-likeness (QED) is 0.906. The number of hydrogen-bond acceptors (Lipinski definition) is 3. The maximum absolute atomic E-state index is 12.1. The van der Waals surface area contributed by atoms with E-state index in [1.807, 2.05) is 11.8 Å². The highest BCUT2D eigenvalue weighted by molar-refractivity contribution is 5.30. The van der Waals surface area contributed by atoms with E-state index in [4.69, 9.17) is 0 Å². The Balaban J connectivity index is 2.07.